The van der Waals surface area contributed by atoms with Crippen LogP contribution < -0.4 is 5.32 Å². The highest BCUT2D eigenvalue weighted by molar-refractivity contribution is 6.30. The number of aryl methyl sites for hydroxylation is 1. The minimum atomic E-state index is -0.692. The first-order chi connectivity index (χ1) is 11.4. The molecule has 0 unspecified atom stereocenters. The standard InChI is InChI=1S/C18H15ClFNO3/c1-12-9-14(19)6-7-16(12)21-17(22)11-24-18(23)8-5-13-3-2-4-15(20)10-13/h2-10H,11H2,1H3,(H,21,22)/b8-5+. The maximum Gasteiger partial charge on any atom is 0.331 e. The largest absolute Gasteiger partial charge is 0.452 e. The molecular formula is C18H15ClFNO3. The molecule has 0 bridgehead atoms. The summed E-state index contributed by atoms with van der Waals surface area (Å²) in [6, 6.07) is 10.8. The van der Waals surface area contributed by atoms with Crippen molar-refractivity contribution in [2.75, 3.05) is 11.9 Å². The molecule has 1 amide bonds. The summed E-state index contributed by atoms with van der Waals surface area (Å²) in [5, 5.41) is 3.19. The monoisotopic (exact) mass is 347 g/mol. The van der Waals surface area contributed by atoms with Crippen molar-refractivity contribution in [2.24, 2.45) is 0 Å². The van der Waals surface area contributed by atoms with Crippen LogP contribution in [-0.2, 0) is 14.3 Å². The van der Waals surface area contributed by atoms with Gasteiger partial charge >= 0.3 is 5.97 Å². The van der Waals surface area contributed by atoms with Crippen LogP contribution in [0.5, 0.6) is 0 Å². The van der Waals surface area contributed by atoms with Gasteiger partial charge in [-0.1, -0.05) is 23.7 Å². The second-order valence-electron chi connectivity index (χ2n) is 5.00. The molecule has 0 aliphatic heterocycles. The number of hydrogen-bond donors (Lipinski definition) is 1. The number of carbonyl (C=O) groups excluding carboxylic acids is 2. The summed E-state index contributed by atoms with van der Waals surface area (Å²) in [5.74, 6) is -1.56. The van der Waals surface area contributed by atoms with E-state index in [0.29, 0.717) is 16.3 Å². The lowest BCUT2D eigenvalue weighted by Crippen LogP contribution is -2.20. The predicted molar refractivity (Wildman–Crippen MR) is 91.2 cm³/mol. The summed E-state index contributed by atoms with van der Waals surface area (Å²) < 4.78 is 17.8. The Kier molecular flexibility index (Phi) is 6.09. The average Bonchev–Trinajstić information content (AvgIpc) is 2.54. The van der Waals surface area contributed by atoms with E-state index in [-0.39, 0.29) is 0 Å². The number of ether oxygens (including phenoxy) is 1. The lowest BCUT2D eigenvalue weighted by Gasteiger charge is -2.08. The number of nitrogens with one attached hydrogen (secondary N) is 1. The van der Waals surface area contributed by atoms with Crippen LogP contribution in [0.2, 0.25) is 5.02 Å². The van der Waals surface area contributed by atoms with Gasteiger partial charge in [0.15, 0.2) is 6.61 Å². The molecule has 0 radical (unpaired) electrons. The number of rotatable bonds is 5. The highest BCUT2D eigenvalue weighted by Crippen LogP contribution is 2.19. The van der Waals surface area contributed by atoms with Crippen LogP contribution >= 0.6 is 11.6 Å². The van der Waals surface area contributed by atoms with Gasteiger partial charge in [0.1, 0.15) is 5.82 Å². The molecule has 2 aromatic rings. The van der Waals surface area contributed by atoms with E-state index in [2.05, 4.69) is 5.32 Å². The molecule has 0 aliphatic rings. The van der Waals surface area contributed by atoms with Gasteiger partial charge in [0.2, 0.25) is 0 Å². The third-order valence-electron chi connectivity index (χ3n) is 3.07. The fraction of sp³-hybridized carbons (Fsp3) is 0.111. The average molecular weight is 348 g/mol. The van der Waals surface area contributed by atoms with Gasteiger partial charge in [0.05, 0.1) is 0 Å². The molecule has 24 heavy (non-hydrogen) atoms. The van der Waals surface area contributed by atoms with Crippen LogP contribution in [-0.4, -0.2) is 18.5 Å². The molecule has 2 aromatic carbocycles. The smallest absolute Gasteiger partial charge is 0.331 e. The maximum atomic E-state index is 13.0. The molecule has 0 aliphatic carbocycles. The summed E-state index contributed by atoms with van der Waals surface area (Å²) in [5.41, 5.74) is 1.91. The third-order valence-corrected chi connectivity index (χ3v) is 3.30. The van der Waals surface area contributed by atoms with E-state index in [4.69, 9.17) is 16.3 Å². The zero-order valence-electron chi connectivity index (χ0n) is 12.9. The second kappa shape index (κ2) is 8.26. The molecule has 6 heteroatoms. The van der Waals surface area contributed by atoms with Crippen LogP contribution in [0.25, 0.3) is 6.08 Å². The topological polar surface area (TPSA) is 55.4 Å². The van der Waals surface area contributed by atoms with Crippen LogP contribution in [0.3, 0.4) is 0 Å². The molecule has 1 N–H and O–H groups in total. The predicted octanol–water partition coefficient (Wildman–Crippen LogP) is 3.98. The van der Waals surface area contributed by atoms with Crippen LogP contribution in [0.1, 0.15) is 11.1 Å². The summed E-state index contributed by atoms with van der Waals surface area (Å²) in [4.78, 5) is 23.3. The van der Waals surface area contributed by atoms with E-state index in [9.17, 15) is 14.0 Å². The van der Waals surface area contributed by atoms with Gasteiger partial charge in [0.25, 0.3) is 5.91 Å². The number of esters is 1. The van der Waals surface area contributed by atoms with Gasteiger partial charge in [-0.3, -0.25) is 4.79 Å². The van der Waals surface area contributed by atoms with E-state index in [1.165, 1.54) is 24.3 Å². The Morgan fingerprint density at radius 2 is 2.04 bits per heavy atom. The summed E-state index contributed by atoms with van der Waals surface area (Å²) in [6.45, 7) is 1.38. The normalized spacial score (nSPS) is 10.6. The van der Waals surface area contributed by atoms with Crippen molar-refractivity contribution in [1.82, 2.24) is 0 Å². The number of halogens is 2. The minimum Gasteiger partial charge on any atom is -0.452 e. The van der Waals surface area contributed by atoms with E-state index < -0.39 is 24.3 Å². The zero-order valence-corrected chi connectivity index (χ0v) is 13.6. The van der Waals surface area contributed by atoms with Crippen molar-refractivity contribution in [3.8, 4) is 0 Å². The summed E-state index contributed by atoms with van der Waals surface area (Å²) in [6.07, 6.45) is 2.54. The summed E-state index contributed by atoms with van der Waals surface area (Å²) in [7, 11) is 0. The number of hydrogen-bond acceptors (Lipinski definition) is 3. The molecule has 0 atom stereocenters. The zero-order chi connectivity index (χ0) is 17.5. The first-order valence-corrected chi connectivity index (χ1v) is 7.48. The molecule has 0 spiro atoms. The van der Waals surface area contributed by atoms with Crippen molar-refractivity contribution in [3.63, 3.8) is 0 Å². The molecule has 0 saturated heterocycles. The molecule has 0 saturated carbocycles. The lowest BCUT2D eigenvalue weighted by molar-refractivity contribution is -0.142. The second-order valence-corrected chi connectivity index (χ2v) is 5.44. The number of anilines is 1. The van der Waals surface area contributed by atoms with Crippen LogP contribution in [0.4, 0.5) is 10.1 Å². The highest BCUT2D eigenvalue weighted by atomic mass is 35.5. The molecule has 4 nitrogen and oxygen atoms in total. The number of amides is 1. The van der Waals surface area contributed by atoms with Crippen LogP contribution in [0, 0.1) is 12.7 Å². The lowest BCUT2D eigenvalue weighted by atomic mass is 10.2. The van der Waals surface area contributed by atoms with Crippen molar-refractivity contribution < 1.29 is 18.7 Å². The fourth-order valence-electron chi connectivity index (χ4n) is 1.91. The molecule has 0 heterocycles. The van der Waals surface area contributed by atoms with Crippen LogP contribution in [0.15, 0.2) is 48.5 Å². The first-order valence-electron chi connectivity index (χ1n) is 7.10. The maximum absolute atomic E-state index is 13.0. The van der Waals surface area contributed by atoms with E-state index in [1.807, 2.05) is 0 Å². The molecule has 2 rings (SSSR count). The Morgan fingerprint density at radius 1 is 1.25 bits per heavy atom. The van der Waals surface area contributed by atoms with Gasteiger partial charge < -0.3 is 10.1 Å². The van der Waals surface area contributed by atoms with Crippen molar-refractivity contribution in [1.29, 1.82) is 0 Å². The molecular weight excluding hydrogens is 333 g/mol. The highest BCUT2D eigenvalue weighted by Gasteiger charge is 2.07. The van der Waals surface area contributed by atoms with Gasteiger partial charge in [-0.15, -0.1) is 0 Å². The van der Waals surface area contributed by atoms with Crippen molar-refractivity contribution in [2.45, 2.75) is 6.92 Å². The number of benzene rings is 2. The molecule has 124 valence electrons. The van der Waals surface area contributed by atoms with Gasteiger partial charge in [-0.05, 0) is 54.5 Å². The van der Waals surface area contributed by atoms with E-state index in [1.54, 1.807) is 31.2 Å². The summed E-state index contributed by atoms with van der Waals surface area (Å²) >= 11 is 5.84. The van der Waals surface area contributed by atoms with Gasteiger partial charge in [-0.2, -0.15) is 0 Å². The Balaban J connectivity index is 1.83. The SMILES string of the molecule is Cc1cc(Cl)ccc1NC(=O)COC(=O)/C=C/c1cccc(F)c1. The quantitative estimate of drug-likeness (QED) is 0.657. The van der Waals surface area contributed by atoms with E-state index >= 15 is 0 Å². The van der Waals surface area contributed by atoms with Gasteiger partial charge in [-0.25, -0.2) is 9.18 Å². The van der Waals surface area contributed by atoms with Crippen molar-refractivity contribution >= 4 is 35.2 Å². The molecule has 0 fully saturated rings. The Hall–Kier alpha value is -2.66. The fourth-order valence-corrected chi connectivity index (χ4v) is 2.14. The van der Waals surface area contributed by atoms with Crippen molar-refractivity contribution in [3.05, 3.63) is 70.5 Å². The van der Waals surface area contributed by atoms with E-state index in [0.717, 1.165) is 11.6 Å². The Bertz CT molecular complexity index is 790. The van der Waals surface area contributed by atoms with Gasteiger partial charge in [0, 0.05) is 16.8 Å². The number of carbonyl (C=O) groups is 2. The first kappa shape index (κ1) is 17.7. The molecule has 0 aromatic heterocycles. The Morgan fingerprint density at radius 3 is 2.75 bits per heavy atom. The third kappa shape index (κ3) is 5.52. The Labute approximate surface area is 143 Å². The minimum absolute atomic E-state index is 0.400.